The molecule has 0 unspecified atom stereocenters. The first-order chi connectivity index (χ1) is 12.9. The number of hydrogen-bond donors (Lipinski definition) is 1. The summed E-state index contributed by atoms with van der Waals surface area (Å²) >= 11 is 0. The van der Waals surface area contributed by atoms with Gasteiger partial charge in [0.1, 0.15) is 0 Å². The molecule has 0 bridgehead atoms. The molecule has 1 nitrogen and oxygen atoms in total. The highest BCUT2D eigenvalue weighted by molar-refractivity contribution is 5.25. The highest BCUT2D eigenvalue weighted by Gasteiger charge is 1.92. The van der Waals surface area contributed by atoms with Crippen molar-refractivity contribution in [1.29, 1.82) is 0 Å². The molecule has 0 saturated heterocycles. The molecular formula is C25H45N. The largest absolute Gasteiger partial charge is 0.330 e. The molecule has 0 aromatic rings. The minimum Gasteiger partial charge on any atom is -0.330 e. The Hall–Kier alpha value is -0.920. The molecule has 1 heteroatoms. The van der Waals surface area contributed by atoms with E-state index in [1.54, 1.807) is 0 Å². The van der Waals surface area contributed by atoms with Crippen molar-refractivity contribution in [2.24, 2.45) is 5.73 Å². The molecule has 0 aliphatic carbocycles. The van der Waals surface area contributed by atoms with E-state index < -0.39 is 0 Å². The number of hydrogen-bond acceptors (Lipinski definition) is 1. The number of nitrogens with two attached hydrogens (primary N) is 1. The van der Waals surface area contributed by atoms with Crippen molar-refractivity contribution in [3.05, 3.63) is 0 Å². The van der Waals surface area contributed by atoms with Gasteiger partial charge < -0.3 is 5.73 Å². The minimum atomic E-state index is 0.843. The number of unbranched alkanes of at least 4 members (excludes halogenated alkanes) is 17. The van der Waals surface area contributed by atoms with Crippen LogP contribution in [0.3, 0.4) is 0 Å². The van der Waals surface area contributed by atoms with Gasteiger partial charge in [-0.1, -0.05) is 109 Å². The molecule has 0 radical (unpaired) electrons. The molecule has 0 aromatic carbocycles. The van der Waals surface area contributed by atoms with Crippen LogP contribution < -0.4 is 5.73 Å². The predicted molar refractivity (Wildman–Crippen MR) is 118 cm³/mol. The van der Waals surface area contributed by atoms with E-state index in [0.717, 1.165) is 19.4 Å². The van der Waals surface area contributed by atoms with Crippen molar-refractivity contribution < 1.29 is 0 Å². The third kappa shape index (κ3) is 23.1. The monoisotopic (exact) mass is 359 g/mol. The van der Waals surface area contributed by atoms with E-state index in [1.165, 1.54) is 109 Å². The zero-order valence-electron chi connectivity index (χ0n) is 17.7. The van der Waals surface area contributed by atoms with E-state index in [1.807, 2.05) is 0 Å². The normalized spacial score (nSPS) is 10.1. The lowest BCUT2D eigenvalue weighted by Crippen LogP contribution is -1.97. The molecule has 0 aliphatic heterocycles. The van der Waals surface area contributed by atoms with Gasteiger partial charge in [-0.15, -0.1) is 0 Å². The third-order valence-corrected chi connectivity index (χ3v) is 4.90. The van der Waals surface area contributed by atoms with Crippen LogP contribution >= 0.6 is 0 Å². The standard InChI is InChI=1S/C25H45N/c1-2-3-4-5-6-7-8-9-10-11-12-13-14-15-16-17-18-19-20-21-22-23-24-25-26/h2-12,17-26H2,1H3. The van der Waals surface area contributed by atoms with Crippen molar-refractivity contribution in [2.45, 2.75) is 129 Å². The van der Waals surface area contributed by atoms with Crippen molar-refractivity contribution in [2.75, 3.05) is 6.54 Å². The van der Waals surface area contributed by atoms with E-state index in [-0.39, 0.29) is 0 Å². The molecule has 0 fully saturated rings. The molecule has 150 valence electrons. The molecule has 0 saturated carbocycles. The zero-order chi connectivity index (χ0) is 19.0. The third-order valence-electron chi connectivity index (χ3n) is 4.90. The summed E-state index contributed by atoms with van der Waals surface area (Å²) in [5, 5.41) is 0. The molecule has 26 heavy (non-hydrogen) atoms. The Kier molecular flexibility index (Phi) is 23.2. The highest BCUT2D eigenvalue weighted by Crippen LogP contribution is 2.11. The first-order valence-electron chi connectivity index (χ1n) is 11.6. The average Bonchev–Trinajstić information content (AvgIpc) is 2.66. The molecular weight excluding hydrogens is 314 g/mol. The van der Waals surface area contributed by atoms with Gasteiger partial charge in [0.25, 0.3) is 0 Å². The maximum absolute atomic E-state index is 5.49. The van der Waals surface area contributed by atoms with Crippen LogP contribution in [0.5, 0.6) is 0 Å². The van der Waals surface area contributed by atoms with Crippen LogP contribution in [0.1, 0.15) is 129 Å². The molecule has 0 aliphatic rings. The van der Waals surface area contributed by atoms with E-state index in [2.05, 4.69) is 30.6 Å². The molecule has 0 aromatic heterocycles. The summed E-state index contributed by atoms with van der Waals surface area (Å²) < 4.78 is 0. The lowest BCUT2D eigenvalue weighted by atomic mass is 10.1. The Bertz CT molecular complexity index is 376. The molecule has 0 spiro atoms. The van der Waals surface area contributed by atoms with Gasteiger partial charge in [0.05, 0.1) is 0 Å². The Morgan fingerprint density at radius 3 is 1.19 bits per heavy atom. The fourth-order valence-corrected chi connectivity index (χ4v) is 3.16. The number of rotatable bonds is 18. The second kappa shape index (κ2) is 24.1. The first kappa shape index (κ1) is 25.1. The second-order valence-electron chi connectivity index (χ2n) is 7.55. The highest BCUT2D eigenvalue weighted by atomic mass is 14.5. The van der Waals surface area contributed by atoms with E-state index in [9.17, 15) is 0 Å². The fourth-order valence-electron chi connectivity index (χ4n) is 3.16. The maximum atomic E-state index is 5.49. The summed E-state index contributed by atoms with van der Waals surface area (Å²) in [5.74, 6) is 12.4. The summed E-state index contributed by atoms with van der Waals surface area (Å²) in [6.45, 7) is 3.12. The van der Waals surface area contributed by atoms with Crippen molar-refractivity contribution in [3.63, 3.8) is 0 Å². The van der Waals surface area contributed by atoms with Crippen molar-refractivity contribution >= 4 is 0 Å². The summed E-state index contributed by atoms with van der Waals surface area (Å²) in [6.07, 6.45) is 24.9. The van der Waals surface area contributed by atoms with Gasteiger partial charge in [-0.25, -0.2) is 0 Å². The predicted octanol–water partition coefficient (Wildman–Crippen LogP) is 7.38. The molecule has 0 amide bonds. The van der Waals surface area contributed by atoms with Gasteiger partial charge in [-0.3, -0.25) is 0 Å². The van der Waals surface area contributed by atoms with Crippen LogP contribution in [0.2, 0.25) is 0 Å². The van der Waals surface area contributed by atoms with Gasteiger partial charge in [0.2, 0.25) is 0 Å². The second-order valence-corrected chi connectivity index (χ2v) is 7.55. The van der Waals surface area contributed by atoms with Crippen LogP contribution in [0, 0.1) is 23.7 Å². The van der Waals surface area contributed by atoms with Gasteiger partial charge in [0.15, 0.2) is 0 Å². The fraction of sp³-hybridized carbons (Fsp3) is 0.840. The van der Waals surface area contributed by atoms with Crippen LogP contribution in [0.25, 0.3) is 0 Å². The van der Waals surface area contributed by atoms with Gasteiger partial charge >= 0.3 is 0 Å². The van der Waals surface area contributed by atoms with Crippen LogP contribution in [0.4, 0.5) is 0 Å². The van der Waals surface area contributed by atoms with E-state index in [4.69, 9.17) is 5.73 Å². The Morgan fingerprint density at radius 2 is 0.808 bits per heavy atom. The van der Waals surface area contributed by atoms with E-state index >= 15 is 0 Å². The maximum Gasteiger partial charge on any atom is 0.00989 e. The Balaban J connectivity index is 3.22. The summed E-state index contributed by atoms with van der Waals surface area (Å²) in [5.41, 5.74) is 5.49. The summed E-state index contributed by atoms with van der Waals surface area (Å²) in [4.78, 5) is 0. The Morgan fingerprint density at radius 1 is 0.462 bits per heavy atom. The van der Waals surface area contributed by atoms with Gasteiger partial charge in [0, 0.05) is 12.8 Å². The summed E-state index contributed by atoms with van der Waals surface area (Å²) in [6, 6.07) is 0. The summed E-state index contributed by atoms with van der Waals surface area (Å²) in [7, 11) is 0. The molecule has 2 N–H and O–H groups in total. The van der Waals surface area contributed by atoms with E-state index in [0.29, 0.717) is 0 Å². The quantitative estimate of drug-likeness (QED) is 0.200. The smallest absolute Gasteiger partial charge is 0.00989 e. The topological polar surface area (TPSA) is 26.0 Å². The SMILES string of the molecule is CCCCCCCCCCCCC#CC#CCCCCCCCCCN. The van der Waals surface area contributed by atoms with Crippen LogP contribution in [0.15, 0.2) is 0 Å². The molecule has 0 heterocycles. The first-order valence-corrected chi connectivity index (χ1v) is 11.6. The Labute approximate surface area is 165 Å². The molecule has 0 atom stereocenters. The van der Waals surface area contributed by atoms with Gasteiger partial charge in [-0.2, -0.15) is 0 Å². The van der Waals surface area contributed by atoms with Gasteiger partial charge in [-0.05, 0) is 37.6 Å². The lowest BCUT2D eigenvalue weighted by molar-refractivity contribution is 0.558. The van der Waals surface area contributed by atoms with Crippen molar-refractivity contribution in [3.8, 4) is 23.7 Å². The average molecular weight is 360 g/mol. The molecule has 0 rings (SSSR count). The van der Waals surface area contributed by atoms with Crippen molar-refractivity contribution in [1.82, 2.24) is 0 Å². The lowest BCUT2D eigenvalue weighted by Gasteiger charge is -2.00. The minimum absolute atomic E-state index is 0.843. The van der Waals surface area contributed by atoms with Crippen LogP contribution in [-0.4, -0.2) is 6.54 Å². The van der Waals surface area contributed by atoms with Crippen LogP contribution in [-0.2, 0) is 0 Å². The zero-order valence-corrected chi connectivity index (χ0v) is 17.7.